The summed E-state index contributed by atoms with van der Waals surface area (Å²) in [5.41, 5.74) is 0.615. The predicted octanol–water partition coefficient (Wildman–Crippen LogP) is 3.37. The molecule has 1 saturated heterocycles. The van der Waals surface area contributed by atoms with E-state index in [0.29, 0.717) is 42.7 Å². The lowest BCUT2D eigenvalue weighted by molar-refractivity contribution is -0.0387. The lowest BCUT2D eigenvalue weighted by Crippen LogP contribution is -2.50. The van der Waals surface area contributed by atoms with Crippen LogP contribution in [-0.2, 0) is 4.74 Å². The molecule has 0 N–H and O–H groups in total. The quantitative estimate of drug-likeness (QED) is 0.800. The van der Waals surface area contributed by atoms with Gasteiger partial charge in [0.05, 0.1) is 32.5 Å². The normalized spacial score (nSPS) is 21.0. The van der Waals surface area contributed by atoms with E-state index < -0.39 is 0 Å². The molecule has 1 amide bonds. The van der Waals surface area contributed by atoms with Gasteiger partial charge in [-0.05, 0) is 44.4 Å². The van der Waals surface area contributed by atoms with E-state index in [1.807, 2.05) is 30.9 Å². The predicted molar refractivity (Wildman–Crippen MR) is 93.9 cm³/mol. The maximum Gasteiger partial charge on any atom is 0.254 e. The summed E-state index contributed by atoms with van der Waals surface area (Å²) in [6.07, 6.45) is 1.04. The number of carbonyl (C=O) groups excluding carboxylic acids is 1. The van der Waals surface area contributed by atoms with Gasteiger partial charge < -0.3 is 19.1 Å². The number of amides is 1. The van der Waals surface area contributed by atoms with Gasteiger partial charge in [0, 0.05) is 12.1 Å². The Balaban J connectivity index is 2.11. The fourth-order valence-corrected chi connectivity index (χ4v) is 2.68. The van der Waals surface area contributed by atoms with E-state index in [2.05, 4.69) is 13.8 Å². The monoisotopic (exact) mass is 335 g/mol. The Labute approximate surface area is 144 Å². The molecule has 0 aromatic heterocycles. The van der Waals surface area contributed by atoms with Gasteiger partial charge in [-0.15, -0.1) is 0 Å². The highest BCUT2D eigenvalue weighted by molar-refractivity contribution is 5.95. The molecular weight excluding hydrogens is 306 g/mol. The van der Waals surface area contributed by atoms with E-state index in [1.54, 1.807) is 13.2 Å². The Kier molecular flexibility index (Phi) is 6.49. The molecule has 0 bridgehead atoms. The summed E-state index contributed by atoms with van der Waals surface area (Å²) in [5, 5.41) is 0. The molecule has 5 heteroatoms. The molecule has 1 fully saturated rings. The second-order valence-electron chi connectivity index (χ2n) is 6.85. The average Bonchev–Trinajstić information content (AvgIpc) is 2.56. The minimum absolute atomic E-state index is 0.00433. The average molecular weight is 335 g/mol. The van der Waals surface area contributed by atoms with Crippen molar-refractivity contribution < 1.29 is 19.0 Å². The van der Waals surface area contributed by atoms with Crippen molar-refractivity contribution in [3.63, 3.8) is 0 Å². The summed E-state index contributed by atoms with van der Waals surface area (Å²) in [7, 11) is 1.60. The Morgan fingerprint density at radius 3 is 2.75 bits per heavy atom. The van der Waals surface area contributed by atoms with E-state index >= 15 is 0 Å². The standard InChI is InChI=1S/C19H29NO4/c1-13(2)8-9-23-17-7-6-16(10-18(17)22-5)19(21)20-11-15(4)24-12-14(20)3/h6-7,10,13-15H,8-9,11-12H2,1-5H3. The zero-order valence-electron chi connectivity index (χ0n) is 15.4. The first kappa shape index (κ1) is 18.6. The molecule has 1 aliphatic rings. The number of rotatable bonds is 6. The third-order valence-electron chi connectivity index (χ3n) is 4.23. The lowest BCUT2D eigenvalue weighted by Gasteiger charge is -2.36. The Morgan fingerprint density at radius 1 is 1.33 bits per heavy atom. The van der Waals surface area contributed by atoms with Crippen LogP contribution in [0.4, 0.5) is 0 Å². The number of hydrogen-bond donors (Lipinski definition) is 0. The molecule has 0 saturated carbocycles. The summed E-state index contributed by atoms with van der Waals surface area (Å²) < 4.78 is 16.8. The number of carbonyl (C=O) groups is 1. The van der Waals surface area contributed by atoms with Gasteiger partial charge >= 0.3 is 0 Å². The van der Waals surface area contributed by atoms with Crippen LogP contribution in [0.25, 0.3) is 0 Å². The fraction of sp³-hybridized carbons (Fsp3) is 0.632. The molecule has 134 valence electrons. The maximum atomic E-state index is 12.8. The van der Waals surface area contributed by atoms with Crippen molar-refractivity contribution in [3.8, 4) is 11.5 Å². The number of nitrogens with zero attached hydrogens (tertiary/aromatic N) is 1. The Hall–Kier alpha value is -1.75. The molecule has 1 aliphatic heterocycles. The van der Waals surface area contributed by atoms with Gasteiger partial charge in [-0.3, -0.25) is 4.79 Å². The van der Waals surface area contributed by atoms with E-state index in [0.717, 1.165) is 6.42 Å². The van der Waals surface area contributed by atoms with Crippen LogP contribution < -0.4 is 9.47 Å². The van der Waals surface area contributed by atoms with Gasteiger partial charge in [-0.2, -0.15) is 0 Å². The van der Waals surface area contributed by atoms with Crippen molar-refractivity contribution >= 4 is 5.91 Å². The van der Waals surface area contributed by atoms with E-state index in [-0.39, 0.29) is 18.1 Å². The number of hydrogen-bond acceptors (Lipinski definition) is 4. The smallest absolute Gasteiger partial charge is 0.254 e. The van der Waals surface area contributed by atoms with Gasteiger partial charge in [0.15, 0.2) is 11.5 Å². The second kappa shape index (κ2) is 8.38. The van der Waals surface area contributed by atoms with Crippen molar-refractivity contribution in [2.24, 2.45) is 5.92 Å². The van der Waals surface area contributed by atoms with E-state index in [9.17, 15) is 4.79 Å². The molecule has 2 rings (SSSR count). The van der Waals surface area contributed by atoms with Crippen LogP contribution in [0.1, 0.15) is 44.5 Å². The fourth-order valence-electron chi connectivity index (χ4n) is 2.68. The summed E-state index contributed by atoms with van der Waals surface area (Å²) in [6.45, 7) is 10.1. The van der Waals surface area contributed by atoms with Crippen LogP contribution in [0.3, 0.4) is 0 Å². The molecule has 24 heavy (non-hydrogen) atoms. The van der Waals surface area contributed by atoms with Gasteiger partial charge in [-0.25, -0.2) is 0 Å². The number of benzene rings is 1. The minimum Gasteiger partial charge on any atom is -0.493 e. The SMILES string of the molecule is COc1cc(C(=O)N2CC(C)OCC2C)ccc1OCCC(C)C. The molecular formula is C19H29NO4. The molecule has 1 aromatic rings. The zero-order chi connectivity index (χ0) is 17.7. The number of ether oxygens (including phenoxy) is 3. The van der Waals surface area contributed by atoms with Gasteiger partial charge in [0.1, 0.15) is 0 Å². The highest BCUT2D eigenvalue weighted by atomic mass is 16.5. The van der Waals surface area contributed by atoms with Crippen LogP contribution in [0.2, 0.25) is 0 Å². The topological polar surface area (TPSA) is 48.0 Å². The van der Waals surface area contributed by atoms with Crippen LogP contribution >= 0.6 is 0 Å². The zero-order valence-corrected chi connectivity index (χ0v) is 15.4. The van der Waals surface area contributed by atoms with E-state index in [1.165, 1.54) is 0 Å². The van der Waals surface area contributed by atoms with Crippen LogP contribution in [-0.4, -0.2) is 49.8 Å². The van der Waals surface area contributed by atoms with Crippen LogP contribution in [0, 0.1) is 5.92 Å². The molecule has 1 aromatic carbocycles. The first-order valence-corrected chi connectivity index (χ1v) is 8.65. The van der Waals surface area contributed by atoms with E-state index in [4.69, 9.17) is 14.2 Å². The third-order valence-corrected chi connectivity index (χ3v) is 4.23. The molecule has 0 radical (unpaired) electrons. The largest absolute Gasteiger partial charge is 0.493 e. The molecule has 1 heterocycles. The maximum absolute atomic E-state index is 12.8. The summed E-state index contributed by atoms with van der Waals surface area (Å²) in [4.78, 5) is 14.7. The lowest BCUT2D eigenvalue weighted by atomic mass is 10.1. The molecule has 2 atom stereocenters. The van der Waals surface area contributed by atoms with Crippen LogP contribution in [0.5, 0.6) is 11.5 Å². The minimum atomic E-state index is 0.00433. The first-order chi connectivity index (χ1) is 11.4. The van der Waals surface area contributed by atoms with Gasteiger partial charge in [0.2, 0.25) is 0 Å². The molecule has 5 nitrogen and oxygen atoms in total. The third kappa shape index (κ3) is 4.63. The van der Waals surface area contributed by atoms with Gasteiger partial charge in [0.25, 0.3) is 5.91 Å². The van der Waals surface area contributed by atoms with Crippen molar-refractivity contribution in [1.29, 1.82) is 0 Å². The Morgan fingerprint density at radius 2 is 2.08 bits per heavy atom. The number of methoxy groups -OCH3 is 1. The highest BCUT2D eigenvalue weighted by Crippen LogP contribution is 2.29. The molecule has 0 spiro atoms. The molecule has 0 aliphatic carbocycles. The molecule has 2 unspecified atom stereocenters. The highest BCUT2D eigenvalue weighted by Gasteiger charge is 2.28. The van der Waals surface area contributed by atoms with Crippen molar-refractivity contribution in [1.82, 2.24) is 4.90 Å². The summed E-state index contributed by atoms with van der Waals surface area (Å²) in [6, 6.07) is 5.46. The first-order valence-electron chi connectivity index (χ1n) is 8.65. The number of morpholine rings is 1. The summed E-state index contributed by atoms with van der Waals surface area (Å²) >= 11 is 0. The van der Waals surface area contributed by atoms with Crippen molar-refractivity contribution in [3.05, 3.63) is 23.8 Å². The van der Waals surface area contributed by atoms with Crippen molar-refractivity contribution in [2.45, 2.75) is 46.3 Å². The van der Waals surface area contributed by atoms with Gasteiger partial charge in [-0.1, -0.05) is 13.8 Å². The Bertz CT molecular complexity index is 558. The van der Waals surface area contributed by atoms with Crippen LogP contribution in [0.15, 0.2) is 18.2 Å². The second-order valence-corrected chi connectivity index (χ2v) is 6.85. The van der Waals surface area contributed by atoms with Crippen molar-refractivity contribution in [2.75, 3.05) is 26.9 Å². The summed E-state index contributed by atoms with van der Waals surface area (Å²) in [5.74, 6) is 1.86.